The van der Waals surface area contributed by atoms with Gasteiger partial charge in [-0.3, -0.25) is 0 Å². The van der Waals surface area contributed by atoms with Gasteiger partial charge in [0.15, 0.2) is 0 Å². The van der Waals surface area contributed by atoms with Crippen molar-refractivity contribution in [2.75, 3.05) is 44.4 Å². The van der Waals surface area contributed by atoms with Crippen molar-refractivity contribution in [3.63, 3.8) is 0 Å². The van der Waals surface area contributed by atoms with Gasteiger partial charge >= 0.3 is 0 Å². The Labute approximate surface area is 133 Å². The molecule has 0 fully saturated rings. The zero-order valence-corrected chi connectivity index (χ0v) is 14.0. The van der Waals surface area contributed by atoms with Crippen molar-refractivity contribution in [3.8, 4) is 0 Å². The minimum atomic E-state index is 0.500. The maximum atomic E-state index is 10.6. The van der Waals surface area contributed by atoms with Crippen LogP contribution in [0.5, 0.6) is 0 Å². The van der Waals surface area contributed by atoms with Gasteiger partial charge in [-0.25, -0.2) is 0 Å². The Bertz CT molecular complexity index is 438. The second kappa shape index (κ2) is 11.2. The molecule has 5 heteroatoms. The van der Waals surface area contributed by atoms with Crippen molar-refractivity contribution in [2.24, 2.45) is 5.18 Å². The van der Waals surface area contributed by atoms with E-state index < -0.39 is 0 Å². The Morgan fingerprint density at radius 2 is 1.82 bits per heavy atom. The fourth-order valence-corrected chi connectivity index (χ4v) is 2.15. The first-order valence-corrected chi connectivity index (χ1v) is 8.07. The average molecular weight is 308 g/mol. The predicted octanol–water partition coefficient (Wildman–Crippen LogP) is 4.05. The van der Waals surface area contributed by atoms with Crippen LogP contribution in [0, 0.1) is 11.8 Å². The Kier molecular flexibility index (Phi) is 9.42. The highest BCUT2D eigenvalue weighted by Gasteiger charge is 2.07. The van der Waals surface area contributed by atoms with Crippen molar-refractivity contribution < 1.29 is 9.47 Å². The number of aryl methyl sites for hydroxylation is 1. The molecule has 0 N–H and O–H groups in total. The zero-order chi connectivity index (χ0) is 16.2. The lowest BCUT2D eigenvalue weighted by Crippen LogP contribution is -2.27. The summed E-state index contributed by atoms with van der Waals surface area (Å²) in [6.45, 7) is 10.6. The largest absolute Gasteiger partial charge is 0.379 e. The first-order chi connectivity index (χ1) is 10.7. The van der Waals surface area contributed by atoms with E-state index in [9.17, 15) is 4.91 Å². The van der Waals surface area contributed by atoms with Gasteiger partial charge in [0.1, 0.15) is 5.69 Å². The first kappa shape index (κ1) is 18.6. The van der Waals surface area contributed by atoms with Gasteiger partial charge in [0.05, 0.1) is 19.8 Å². The smallest absolute Gasteiger partial charge is 0.111 e. The number of likely N-dealkylation sites (N-methyl/N-ethyl adjacent to an activating group) is 1. The van der Waals surface area contributed by atoms with Gasteiger partial charge < -0.3 is 14.4 Å². The summed E-state index contributed by atoms with van der Waals surface area (Å²) in [6, 6.07) is 5.69. The number of rotatable bonds is 12. The van der Waals surface area contributed by atoms with Crippen LogP contribution < -0.4 is 4.90 Å². The summed E-state index contributed by atoms with van der Waals surface area (Å²) in [5.41, 5.74) is 2.49. The quantitative estimate of drug-likeness (QED) is 0.432. The standard InChI is InChI=1S/C17H28N2O3/c1-4-6-10-21-12-13-22-11-9-19(5-2)16-7-8-17(18-20)15(3)14-16/h7-8,14H,4-6,9-13H2,1-3H3. The Morgan fingerprint density at radius 1 is 1.09 bits per heavy atom. The van der Waals surface area contributed by atoms with Crippen LogP contribution in [0.15, 0.2) is 23.4 Å². The van der Waals surface area contributed by atoms with Crippen molar-refractivity contribution in [2.45, 2.75) is 33.6 Å². The molecule has 0 aliphatic carbocycles. The van der Waals surface area contributed by atoms with Gasteiger partial charge in [-0.05, 0) is 49.2 Å². The van der Waals surface area contributed by atoms with Crippen LogP contribution >= 0.6 is 0 Å². The topological polar surface area (TPSA) is 51.1 Å². The Morgan fingerprint density at radius 3 is 2.41 bits per heavy atom. The zero-order valence-electron chi connectivity index (χ0n) is 14.0. The molecule has 0 saturated carbocycles. The molecule has 22 heavy (non-hydrogen) atoms. The Hall–Kier alpha value is -1.46. The summed E-state index contributed by atoms with van der Waals surface area (Å²) < 4.78 is 11.1. The number of nitrogens with zero attached hydrogens (tertiary/aromatic N) is 2. The second-order valence-corrected chi connectivity index (χ2v) is 5.22. The molecule has 0 radical (unpaired) electrons. The van der Waals surface area contributed by atoms with Crippen molar-refractivity contribution in [1.29, 1.82) is 0 Å². The number of ether oxygens (including phenoxy) is 2. The van der Waals surface area contributed by atoms with Crippen LogP contribution in [0.1, 0.15) is 32.3 Å². The molecule has 0 heterocycles. The minimum absolute atomic E-state index is 0.500. The number of hydrogen-bond acceptors (Lipinski definition) is 5. The van der Waals surface area contributed by atoms with Gasteiger partial charge in [-0.2, -0.15) is 0 Å². The molecule has 5 nitrogen and oxygen atoms in total. The van der Waals surface area contributed by atoms with Crippen LogP contribution in [-0.2, 0) is 9.47 Å². The number of nitroso groups, excluding NO2 is 1. The number of hydrogen-bond donors (Lipinski definition) is 0. The van der Waals surface area contributed by atoms with Gasteiger partial charge in [-0.1, -0.05) is 13.3 Å². The fraction of sp³-hybridized carbons (Fsp3) is 0.647. The van der Waals surface area contributed by atoms with E-state index in [0.29, 0.717) is 25.5 Å². The highest BCUT2D eigenvalue weighted by atomic mass is 16.5. The summed E-state index contributed by atoms with van der Waals surface area (Å²) >= 11 is 0. The van der Waals surface area contributed by atoms with Crippen molar-refractivity contribution in [1.82, 2.24) is 0 Å². The molecule has 0 unspecified atom stereocenters. The third-order valence-electron chi connectivity index (χ3n) is 3.55. The molecule has 0 bridgehead atoms. The molecule has 1 aromatic carbocycles. The minimum Gasteiger partial charge on any atom is -0.379 e. The molecule has 1 rings (SSSR count). The number of benzene rings is 1. The summed E-state index contributed by atoms with van der Waals surface area (Å²) in [4.78, 5) is 12.8. The van der Waals surface area contributed by atoms with E-state index >= 15 is 0 Å². The fourth-order valence-electron chi connectivity index (χ4n) is 2.15. The molecule has 0 atom stereocenters. The monoisotopic (exact) mass is 308 g/mol. The van der Waals surface area contributed by atoms with Gasteiger partial charge in [0.25, 0.3) is 0 Å². The number of anilines is 1. The van der Waals surface area contributed by atoms with E-state index in [1.165, 1.54) is 0 Å². The van der Waals surface area contributed by atoms with E-state index in [1.807, 2.05) is 19.1 Å². The van der Waals surface area contributed by atoms with Crippen LogP contribution in [0.3, 0.4) is 0 Å². The highest BCUT2D eigenvalue weighted by Crippen LogP contribution is 2.24. The molecule has 0 aromatic heterocycles. The van der Waals surface area contributed by atoms with E-state index in [0.717, 1.165) is 43.8 Å². The third kappa shape index (κ3) is 6.54. The molecular weight excluding hydrogens is 280 g/mol. The summed E-state index contributed by atoms with van der Waals surface area (Å²) in [7, 11) is 0. The van der Waals surface area contributed by atoms with E-state index in [4.69, 9.17) is 9.47 Å². The lowest BCUT2D eigenvalue weighted by Gasteiger charge is -2.23. The van der Waals surface area contributed by atoms with Gasteiger partial charge in [0, 0.05) is 25.4 Å². The summed E-state index contributed by atoms with van der Waals surface area (Å²) in [5, 5.41) is 3.01. The van der Waals surface area contributed by atoms with Gasteiger partial charge in [-0.15, -0.1) is 4.91 Å². The summed E-state index contributed by atoms with van der Waals surface area (Å²) in [5.74, 6) is 0. The molecule has 0 saturated heterocycles. The van der Waals surface area contributed by atoms with Crippen LogP contribution in [-0.4, -0.2) is 39.5 Å². The van der Waals surface area contributed by atoms with Crippen LogP contribution in [0.25, 0.3) is 0 Å². The lowest BCUT2D eigenvalue weighted by atomic mass is 10.1. The molecule has 0 aliphatic heterocycles. The molecule has 1 aromatic rings. The predicted molar refractivity (Wildman–Crippen MR) is 91.1 cm³/mol. The second-order valence-electron chi connectivity index (χ2n) is 5.22. The van der Waals surface area contributed by atoms with E-state index in [-0.39, 0.29) is 0 Å². The van der Waals surface area contributed by atoms with Crippen molar-refractivity contribution >= 4 is 11.4 Å². The molecular formula is C17H28N2O3. The summed E-state index contributed by atoms with van der Waals surface area (Å²) in [6.07, 6.45) is 2.26. The average Bonchev–Trinajstić information content (AvgIpc) is 2.53. The van der Waals surface area contributed by atoms with Gasteiger partial charge in [0.2, 0.25) is 0 Å². The molecule has 124 valence electrons. The maximum absolute atomic E-state index is 10.6. The molecule has 0 amide bonds. The maximum Gasteiger partial charge on any atom is 0.111 e. The number of unbranched alkanes of at least 4 members (excludes halogenated alkanes) is 1. The highest BCUT2D eigenvalue weighted by molar-refractivity contribution is 5.57. The first-order valence-electron chi connectivity index (χ1n) is 8.07. The SMILES string of the molecule is CCCCOCCOCCN(CC)c1ccc(N=O)c(C)c1. The lowest BCUT2D eigenvalue weighted by molar-refractivity contribution is 0.0493. The normalized spacial score (nSPS) is 10.7. The van der Waals surface area contributed by atoms with E-state index in [2.05, 4.69) is 23.9 Å². The Balaban J connectivity index is 2.30. The third-order valence-corrected chi connectivity index (χ3v) is 3.55. The van der Waals surface area contributed by atoms with Crippen LogP contribution in [0.4, 0.5) is 11.4 Å². The van der Waals surface area contributed by atoms with Crippen LogP contribution in [0.2, 0.25) is 0 Å². The van der Waals surface area contributed by atoms with E-state index in [1.54, 1.807) is 6.07 Å². The molecule has 0 aliphatic rings. The molecule has 0 spiro atoms. The van der Waals surface area contributed by atoms with Crippen molar-refractivity contribution in [3.05, 3.63) is 28.7 Å².